The number of hydrogen-bond donors (Lipinski definition) is 1. The maximum absolute atomic E-state index is 12.3. The molecule has 0 spiro atoms. The Bertz CT molecular complexity index is 761. The molecule has 0 aliphatic carbocycles. The number of hydrogen-bond acceptors (Lipinski definition) is 3. The summed E-state index contributed by atoms with van der Waals surface area (Å²) in [6.07, 6.45) is 3.28. The van der Waals surface area contributed by atoms with Crippen LogP contribution in [-0.2, 0) is 0 Å². The lowest BCUT2D eigenvalue weighted by Gasteiger charge is -1.97. The van der Waals surface area contributed by atoms with Gasteiger partial charge in [-0.15, -0.1) is 0 Å². The topological polar surface area (TPSA) is 58.6 Å². The number of carbonyl (C=O) groups excluding carboxylic acids is 1. The Morgan fingerprint density at radius 3 is 2.29 bits per heavy atom. The fourth-order valence-electron chi connectivity index (χ4n) is 2.01. The van der Waals surface area contributed by atoms with Gasteiger partial charge < -0.3 is 0 Å². The van der Waals surface area contributed by atoms with E-state index in [-0.39, 0.29) is 5.78 Å². The van der Waals surface area contributed by atoms with E-state index in [0.717, 1.165) is 11.1 Å². The van der Waals surface area contributed by atoms with E-state index in [0.29, 0.717) is 11.4 Å². The first-order valence-electron chi connectivity index (χ1n) is 6.58. The van der Waals surface area contributed by atoms with Crippen LogP contribution in [0.25, 0.3) is 17.3 Å². The average Bonchev–Trinajstić information content (AvgIpc) is 3.04. The van der Waals surface area contributed by atoms with Crippen LogP contribution in [0.15, 0.2) is 66.7 Å². The van der Waals surface area contributed by atoms with E-state index < -0.39 is 0 Å². The minimum absolute atomic E-state index is 0.175. The smallest absolute Gasteiger partial charge is 0.208 e. The molecule has 1 aromatic heterocycles. The Hall–Kier alpha value is -3.01. The molecule has 0 atom stereocenters. The second-order valence-electron chi connectivity index (χ2n) is 4.50. The molecular formula is C17H13N3O. The summed E-state index contributed by atoms with van der Waals surface area (Å²) < 4.78 is 0. The van der Waals surface area contributed by atoms with Crippen molar-refractivity contribution in [2.45, 2.75) is 0 Å². The number of ketones is 1. The van der Waals surface area contributed by atoms with E-state index in [1.807, 2.05) is 60.7 Å². The van der Waals surface area contributed by atoms with E-state index in [4.69, 9.17) is 0 Å². The highest BCUT2D eigenvalue weighted by molar-refractivity contribution is 6.08. The van der Waals surface area contributed by atoms with Crippen molar-refractivity contribution in [1.29, 1.82) is 0 Å². The van der Waals surface area contributed by atoms with Crippen LogP contribution in [0, 0.1) is 0 Å². The quantitative estimate of drug-likeness (QED) is 0.586. The summed E-state index contributed by atoms with van der Waals surface area (Å²) in [6, 6.07) is 19.2. The highest BCUT2D eigenvalue weighted by Crippen LogP contribution is 2.19. The Morgan fingerprint density at radius 2 is 1.57 bits per heavy atom. The maximum Gasteiger partial charge on any atom is 0.208 e. The molecular weight excluding hydrogens is 262 g/mol. The molecule has 0 bridgehead atoms. The summed E-state index contributed by atoms with van der Waals surface area (Å²) in [4.78, 5) is 12.3. The number of nitrogens with zero attached hydrogens (tertiary/aromatic N) is 2. The van der Waals surface area contributed by atoms with Crippen LogP contribution in [0.5, 0.6) is 0 Å². The van der Waals surface area contributed by atoms with Crippen molar-refractivity contribution in [3.8, 4) is 11.3 Å². The molecule has 4 nitrogen and oxygen atoms in total. The fourth-order valence-corrected chi connectivity index (χ4v) is 2.01. The van der Waals surface area contributed by atoms with Crippen LogP contribution in [-0.4, -0.2) is 21.2 Å². The number of benzene rings is 2. The Balaban J connectivity index is 1.87. The number of rotatable bonds is 4. The van der Waals surface area contributed by atoms with Gasteiger partial charge in [0.2, 0.25) is 5.78 Å². The molecule has 102 valence electrons. The highest BCUT2D eigenvalue weighted by Gasteiger charge is 2.15. The number of aromatic nitrogens is 3. The van der Waals surface area contributed by atoms with Crippen LogP contribution in [0.2, 0.25) is 0 Å². The zero-order valence-electron chi connectivity index (χ0n) is 11.2. The summed E-state index contributed by atoms with van der Waals surface area (Å²) >= 11 is 0. The van der Waals surface area contributed by atoms with Crippen LogP contribution in [0.1, 0.15) is 16.1 Å². The third-order valence-corrected chi connectivity index (χ3v) is 3.06. The SMILES string of the molecule is O=C(C=Cc1ccccc1)c1n[nH]nc1-c1ccccc1. The van der Waals surface area contributed by atoms with Gasteiger partial charge in [0.15, 0.2) is 5.69 Å². The normalized spacial score (nSPS) is 10.9. The van der Waals surface area contributed by atoms with Crippen LogP contribution >= 0.6 is 0 Å². The van der Waals surface area contributed by atoms with Gasteiger partial charge in [-0.2, -0.15) is 15.4 Å². The van der Waals surface area contributed by atoms with Gasteiger partial charge in [-0.1, -0.05) is 66.7 Å². The maximum atomic E-state index is 12.3. The van der Waals surface area contributed by atoms with Gasteiger partial charge in [0.25, 0.3) is 0 Å². The molecule has 2 aromatic carbocycles. The lowest BCUT2D eigenvalue weighted by Crippen LogP contribution is -1.97. The first-order chi connectivity index (χ1) is 10.3. The van der Waals surface area contributed by atoms with E-state index in [1.54, 1.807) is 6.08 Å². The molecule has 3 rings (SSSR count). The van der Waals surface area contributed by atoms with Crippen LogP contribution in [0.4, 0.5) is 0 Å². The highest BCUT2D eigenvalue weighted by atomic mass is 16.1. The summed E-state index contributed by atoms with van der Waals surface area (Å²) in [6.45, 7) is 0. The van der Waals surface area contributed by atoms with Crippen molar-refractivity contribution in [3.63, 3.8) is 0 Å². The van der Waals surface area contributed by atoms with Crippen molar-refractivity contribution in [2.24, 2.45) is 0 Å². The van der Waals surface area contributed by atoms with Gasteiger partial charge >= 0.3 is 0 Å². The number of nitrogens with one attached hydrogen (secondary N) is 1. The Morgan fingerprint density at radius 1 is 0.905 bits per heavy atom. The predicted molar refractivity (Wildman–Crippen MR) is 81.6 cm³/mol. The van der Waals surface area contributed by atoms with Crippen molar-refractivity contribution in [3.05, 3.63) is 78.0 Å². The molecule has 0 unspecified atom stereocenters. The second-order valence-corrected chi connectivity index (χ2v) is 4.50. The van der Waals surface area contributed by atoms with Gasteiger partial charge in [0.05, 0.1) is 0 Å². The molecule has 21 heavy (non-hydrogen) atoms. The van der Waals surface area contributed by atoms with Crippen molar-refractivity contribution >= 4 is 11.9 Å². The minimum Gasteiger partial charge on any atom is -0.287 e. The fraction of sp³-hybridized carbons (Fsp3) is 0. The number of H-pyrrole nitrogens is 1. The van der Waals surface area contributed by atoms with Gasteiger partial charge in [-0.25, -0.2) is 0 Å². The van der Waals surface area contributed by atoms with Crippen LogP contribution in [0.3, 0.4) is 0 Å². The van der Waals surface area contributed by atoms with Gasteiger partial charge in [-0.05, 0) is 11.6 Å². The average molecular weight is 275 g/mol. The predicted octanol–water partition coefficient (Wildman–Crippen LogP) is 3.37. The molecule has 0 aliphatic rings. The first kappa shape index (κ1) is 13.0. The van der Waals surface area contributed by atoms with E-state index in [1.165, 1.54) is 6.08 Å². The molecule has 0 saturated heterocycles. The van der Waals surface area contributed by atoms with E-state index >= 15 is 0 Å². The number of aromatic amines is 1. The van der Waals surface area contributed by atoms with Crippen LogP contribution < -0.4 is 0 Å². The standard InChI is InChI=1S/C17H13N3O/c21-15(12-11-13-7-3-1-4-8-13)17-16(18-20-19-17)14-9-5-2-6-10-14/h1-12H,(H,18,19,20). The molecule has 0 amide bonds. The zero-order valence-corrected chi connectivity index (χ0v) is 11.2. The van der Waals surface area contributed by atoms with Gasteiger partial charge in [0, 0.05) is 5.56 Å². The third-order valence-electron chi connectivity index (χ3n) is 3.06. The molecule has 0 saturated carbocycles. The summed E-state index contributed by atoms with van der Waals surface area (Å²) in [5, 5.41) is 10.6. The minimum atomic E-state index is -0.175. The number of carbonyl (C=O) groups is 1. The van der Waals surface area contributed by atoms with Crippen molar-refractivity contribution < 1.29 is 4.79 Å². The van der Waals surface area contributed by atoms with E-state index in [9.17, 15) is 4.79 Å². The lowest BCUT2D eigenvalue weighted by molar-refractivity contribution is 0.104. The monoisotopic (exact) mass is 275 g/mol. The zero-order chi connectivity index (χ0) is 14.5. The van der Waals surface area contributed by atoms with Gasteiger partial charge in [0.1, 0.15) is 5.69 Å². The summed E-state index contributed by atoms with van der Waals surface area (Å²) in [5.74, 6) is -0.175. The molecule has 4 heteroatoms. The molecule has 1 heterocycles. The van der Waals surface area contributed by atoms with Gasteiger partial charge in [-0.3, -0.25) is 4.79 Å². The molecule has 1 N–H and O–H groups in total. The summed E-state index contributed by atoms with van der Waals surface area (Å²) in [5.41, 5.74) is 2.73. The molecule has 0 fully saturated rings. The molecule has 0 radical (unpaired) electrons. The second kappa shape index (κ2) is 5.96. The largest absolute Gasteiger partial charge is 0.287 e. The lowest BCUT2D eigenvalue weighted by atomic mass is 10.1. The first-order valence-corrected chi connectivity index (χ1v) is 6.58. The summed E-state index contributed by atoms with van der Waals surface area (Å²) in [7, 11) is 0. The third kappa shape index (κ3) is 2.95. The molecule has 3 aromatic rings. The molecule has 0 aliphatic heterocycles. The Kier molecular flexibility index (Phi) is 3.69. The number of allylic oxidation sites excluding steroid dienone is 1. The van der Waals surface area contributed by atoms with E-state index in [2.05, 4.69) is 15.4 Å². The van der Waals surface area contributed by atoms with Crippen molar-refractivity contribution in [2.75, 3.05) is 0 Å². The van der Waals surface area contributed by atoms with Crippen molar-refractivity contribution in [1.82, 2.24) is 15.4 Å². The Labute approximate surface area is 122 Å².